The van der Waals surface area contributed by atoms with E-state index in [1.807, 2.05) is 30.8 Å². The average molecular weight is 250 g/mol. The molecular weight excluding hydrogens is 228 g/mol. The van der Waals surface area contributed by atoms with Crippen LogP contribution in [0.15, 0.2) is 12.3 Å². The summed E-state index contributed by atoms with van der Waals surface area (Å²) in [5.74, 6) is -0.170. The molecule has 18 heavy (non-hydrogen) atoms. The van der Waals surface area contributed by atoms with Gasteiger partial charge in [-0.2, -0.15) is 5.10 Å². The molecule has 2 rings (SSSR count). The van der Waals surface area contributed by atoms with Crippen molar-refractivity contribution in [2.45, 2.75) is 58.1 Å². The number of carbonyl (C=O) groups is 1. The fourth-order valence-corrected chi connectivity index (χ4v) is 2.50. The van der Waals surface area contributed by atoms with E-state index in [4.69, 9.17) is 0 Å². The Bertz CT molecular complexity index is 406. The number of rotatable bonds is 5. The van der Waals surface area contributed by atoms with Gasteiger partial charge in [0, 0.05) is 6.20 Å². The molecule has 1 aromatic heterocycles. The zero-order valence-electron chi connectivity index (χ0n) is 11.2. The molecule has 1 unspecified atom stereocenters. The number of ketones is 1. The van der Waals surface area contributed by atoms with E-state index < -0.39 is 6.10 Å². The summed E-state index contributed by atoms with van der Waals surface area (Å²) in [7, 11) is 0. The third-order valence-electron chi connectivity index (χ3n) is 3.68. The average Bonchev–Trinajstić information content (AvgIpc) is 2.96. The van der Waals surface area contributed by atoms with E-state index in [2.05, 4.69) is 5.10 Å². The second kappa shape index (κ2) is 5.65. The molecular formula is C14H22N2O2. The van der Waals surface area contributed by atoms with Gasteiger partial charge < -0.3 is 5.11 Å². The molecule has 1 saturated carbocycles. The highest BCUT2D eigenvalue weighted by Crippen LogP contribution is 2.28. The van der Waals surface area contributed by atoms with Gasteiger partial charge in [0.1, 0.15) is 6.10 Å². The van der Waals surface area contributed by atoms with Gasteiger partial charge in [0.05, 0.1) is 18.2 Å². The van der Waals surface area contributed by atoms with Gasteiger partial charge in [-0.3, -0.25) is 9.48 Å². The molecule has 1 aliphatic rings. The van der Waals surface area contributed by atoms with Crippen molar-refractivity contribution in [1.82, 2.24) is 9.78 Å². The van der Waals surface area contributed by atoms with E-state index in [1.54, 1.807) is 0 Å². The molecule has 0 aliphatic heterocycles. The molecule has 0 aromatic carbocycles. The van der Waals surface area contributed by atoms with Crippen LogP contribution in [-0.4, -0.2) is 26.8 Å². The number of hydrogen-bond acceptors (Lipinski definition) is 3. The number of aromatic nitrogens is 2. The first-order valence-corrected chi connectivity index (χ1v) is 6.82. The maximum Gasteiger partial charge on any atom is 0.167 e. The lowest BCUT2D eigenvalue weighted by Gasteiger charge is -2.12. The van der Waals surface area contributed by atoms with E-state index >= 15 is 0 Å². The molecule has 1 N–H and O–H groups in total. The van der Waals surface area contributed by atoms with E-state index in [9.17, 15) is 9.90 Å². The Morgan fingerprint density at radius 2 is 2.17 bits per heavy atom. The highest BCUT2D eigenvalue weighted by Gasteiger charge is 2.21. The standard InChI is InChI=1S/C14H22N2O2/c1-10(2)14(18)13(17)9-11-7-8-16(15-11)12-5-3-4-6-12/h7-8,10,12,14,18H,3-6,9H2,1-2H3. The van der Waals surface area contributed by atoms with Crippen LogP contribution in [0.25, 0.3) is 0 Å². The molecule has 100 valence electrons. The van der Waals surface area contributed by atoms with E-state index in [0.717, 1.165) is 5.69 Å². The lowest BCUT2D eigenvalue weighted by Crippen LogP contribution is -2.27. The Morgan fingerprint density at radius 1 is 1.50 bits per heavy atom. The van der Waals surface area contributed by atoms with Crippen molar-refractivity contribution >= 4 is 5.78 Å². The minimum atomic E-state index is -0.873. The summed E-state index contributed by atoms with van der Waals surface area (Å²) < 4.78 is 1.98. The molecule has 1 atom stereocenters. The van der Waals surface area contributed by atoms with Crippen LogP contribution in [0.5, 0.6) is 0 Å². The Kier molecular flexibility index (Phi) is 4.17. The van der Waals surface area contributed by atoms with Crippen LogP contribution in [0, 0.1) is 5.92 Å². The largest absolute Gasteiger partial charge is 0.385 e. The molecule has 1 aromatic rings. The first kappa shape index (κ1) is 13.3. The monoisotopic (exact) mass is 250 g/mol. The summed E-state index contributed by atoms with van der Waals surface area (Å²) in [5.41, 5.74) is 0.770. The summed E-state index contributed by atoms with van der Waals surface area (Å²) in [6.45, 7) is 3.69. The van der Waals surface area contributed by atoms with Gasteiger partial charge in [-0.05, 0) is 24.8 Å². The van der Waals surface area contributed by atoms with Crippen LogP contribution >= 0.6 is 0 Å². The molecule has 0 radical (unpaired) electrons. The highest BCUT2D eigenvalue weighted by molar-refractivity contribution is 5.84. The van der Waals surface area contributed by atoms with Crippen LogP contribution in [-0.2, 0) is 11.2 Å². The molecule has 1 fully saturated rings. The summed E-state index contributed by atoms with van der Waals surface area (Å²) in [6.07, 6.45) is 6.23. The van der Waals surface area contributed by atoms with Gasteiger partial charge in [0.25, 0.3) is 0 Å². The summed E-state index contributed by atoms with van der Waals surface area (Å²) in [4.78, 5) is 11.8. The smallest absolute Gasteiger partial charge is 0.167 e. The Hall–Kier alpha value is -1.16. The molecule has 0 amide bonds. The van der Waals surface area contributed by atoms with Crippen LogP contribution in [0.1, 0.15) is 51.3 Å². The number of aliphatic hydroxyl groups excluding tert-OH is 1. The summed E-state index contributed by atoms with van der Waals surface area (Å²) in [6, 6.07) is 2.40. The number of nitrogens with zero attached hydrogens (tertiary/aromatic N) is 2. The van der Waals surface area contributed by atoms with E-state index in [-0.39, 0.29) is 18.1 Å². The van der Waals surface area contributed by atoms with Crippen LogP contribution in [0.3, 0.4) is 0 Å². The van der Waals surface area contributed by atoms with Crippen molar-refractivity contribution in [1.29, 1.82) is 0 Å². The van der Waals surface area contributed by atoms with Crippen LogP contribution in [0.2, 0.25) is 0 Å². The highest BCUT2D eigenvalue weighted by atomic mass is 16.3. The Morgan fingerprint density at radius 3 is 2.78 bits per heavy atom. The van der Waals surface area contributed by atoms with Crippen molar-refractivity contribution in [3.8, 4) is 0 Å². The molecule has 1 aliphatic carbocycles. The Labute approximate surface area is 108 Å². The van der Waals surface area contributed by atoms with Crippen molar-refractivity contribution in [3.05, 3.63) is 18.0 Å². The maximum absolute atomic E-state index is 11.8. The molecule has 0 bridgehead atoms. The number of Topliss-reactive ketones (excluding diaryl/α,β-unsaturated/α-hetero) is 1. The zero-order valence-corrected chi connectivity index (χ0v) is 11.2. The molecule has 4 nitrogen and oxygen atoms in total. The van der Waals surface area contributed by atoms with Gasteiger partial charge in [0.15, 0.2) is 5.78 Å². The van der Waals surface area contributed by atoms with Crippen molar-refractivity contribution in [3.63, 3.8) is 0 Å². The van der Waals surface area contributed by atoms with Crippen LogP contribution in [0.4, 0.5) is 0 Å². The second-order valence-electron chi connectivity index (χ2n) is 5.56. The molecule has 0 spiro atoms. The molecule has 4 heteroatoms. The van der Waals surface area contributed by atoms with E-state index in [0.29, 0.717) is 6.04 Å². The molecule has 0 saturated heterocycles. The zero-order chi connectivity index (χ0) is 13.1. The van der Waals surface area contributed by atoms with Crippen molar-refractivity contribution in [2.24, 2.45) is 5.92 Å². The number of carbonyl (C=O) groups excluding carboxylic acids is 1. The third kappa shape index (κ3) is 2.99. The van der Waals surface area contributed by atoms with Crippen molar-refractivity contribution < 1.29 is 9.90 Å². The minimum absolute atomic E-state index is 0.0329. The maximum atomic E-state index is 11.8. The van der Waals surface area contributed by atoms with Crippen LogP contribution < -0.4 is 0 Å². The predicted octanol–water partition coefficient (Wildman–Crippen LogP) is 2.13. The number of hydrogen-bond donors (Lipinski definition) is 1. The van der Waals surface area contributed by atoms with Gasteiger partial charge in [-0.15, -0.1) is 0 Å². The van der Waals surface area contributed by atoms with Crippen molar-refractivity contribution in [2.75, 3.05) is 0 Å². The van der Waals surface area contributed by atoms with Gasteiger partial charge in [-0.1, -0.05) is 26.7 Å². The molecule has 1 heterocycles. The fourth-order valence-electron chi connectivity index (χ4n) is 2.50. The topological polar surface area (TPSA) is 55.1 Å². The van der Waals surface area contributed by atoms with Gasteiger partial charge in [0.2, 0.25) is 0 Å². The lowest BCUT2D eigenvalue weighted by atomic mass is 10.0. The first-order chi connectivity index (χ1) is 8.58. The Balaban J connectivity index is 1.96. The quantitative estimate of drug-likeness (QED) is 0.871. The van der Waals surface area contributed by atoms with Gasteiger partial charge in [-0.25, -0.2) is 0 Å². The minimum Gasteiger partial charge on any atom is -0.385 e. The first-order valence-electron chi connectivity index (χ1n) is 6.82. The third-order valence-corrected chi connectivity index (χ3v) is 3.68. The summed E-state index contributed by atoms with van der Waals surface area (Å²) >= 11 is 0. The van der Waals surface area contributed by atoms with Gasteiger partial charge >= 0.3 is 0 Å². The predicted molar refractivity (Wildman–Crippen MR) is 69.3 cm³/mol. The summed E-state index contributed by atoms with van der Waals surface area (Å²) in [5, 5.41) is 14.1. The fraction of sp³-hybridized carbons (Fsp3) is 0.714. The number of aliphatic hydroxyl groups is 1. The van der Waals surface area contributed by atoms with E-state index in [1.165, 1.54) is 25.7 Å². The SMILES string of the molecule is CC(C)C(O)C(=O)Cc1ccn(C2CCCC2)n1. The lowest BCUT2D eigenvalue weighted by molar-refractivity contribution is -0.128. The second-order valence-corrected chi connectivity index (χ2v) is 5.56. The normalized spacial score (nSPS) is 18.4.